The molecule has 6 nitrogen and oxygen atoms in total. The summed E-state index contributed by atoms with van der Waals surface area (Å²) >= 11 is 0. The highest BCUT2D eigenvalue weighted by Crippen LogP contribution is 2.27. The molecule has 0 aliphatic rings. The number of ether oxygens (including phenoxy) is 3. The number of nitrogens with one attached hydrogen (secondary N) is 2. The van der Waals surface area contributed by atoms with Crippen LogP contribution >= 0.6 is 12.4 Å². The highest BCUT2D eigenvalue weighted by atomic mass is 35.5. The molecular formula is C14H23ClN2O4. The first-order valence-electron chi connectivity index (χ1n) is 6.46. The molecule has 0 aromatic heterocycles. The molecule has 1 aromatic rings. The lowest BCUT2D eigenvalue weighted by molar-refractivity contribution is -0.121. The Bertz CT molecular complexity index is 407. The Morgan fingerprint density at radius 1 is 1.05 bits per heavy atom. The van der Waals surface area contributed by atoms with Crippen molar-refractivity contribution >= 4 is 18.3 Å². The van der Waals surface area contributed by atoms with Gasteiger partial charge in [-0.2, -0.15) is 0 Å². The molecule has 0 atom stereocenters. The normalized spacial score (nSPS) is 9.48. The minimum atomic E-state index is 0. The fraction of sp³-hybridized carbons (Fsp3) is 0.500. The van der Waals surface area contributed by atoms with Gasteiger partial charge in [0.2, 0.25) is 5.91 Å². The Hall–Kier alpha value is -1.66. The molecule has 21 heavy (non-hydrogen) atoms. The van der Waals surface area contributed by atoms with E-state index in [1.165, 1.54) is 0 Å². The third-order valence-electron chi connectivity index (χ3n) is 2.62. The van der Waals surface area contributed by atoms with Crippen LogP contribution in [0, 0.1) is 0 Å². The SMILES string of the molecule is CNCCC(=O)NCCOc1cc(OC)cc(OC)c1.Cl. The van der Waals surface area contributed by atoms with Crippen molar-refractivity contribution in [2.45, 2.75) is 6.42 Å². The predicted octanol–water partition coefficient (Wildman–Crippen LogP) is 1.23. The molecular weight excluding hydrogens is 296 g/mol. The highest BCUT2D eigenvalue weighted by Gasteiger charge is 2.03. The van der Waals surface area contributed by atoms with E-state index >= 15 is 0 Å². The maximum Gasteiger partial charge on any atom is 0.221 e. The summed E-state index contributed by atoms with van der Waals surface area (Å²) in [7, 11) is 4.98. The lowest BCUT2D eigenvalue weighted by Crippen LogP contribution is -2.30. The fourth-order valence-electron chi connectivity index (χ4n) is 1.55. The lowest BCUT2D eigenvalue weighted by atomic mass is 10.3. The summed E-state index contributed by atoms with van der Waals surface area (Å²) in [5, 5.41) is 5.70. The largest absolute Gasteiger partial charge is 0.496 e. The number of methoxy groups -OCH3 is 2. The monoisotopic (exact) mass is 318 g/mol. The van der Waals surface area contributed by atoms with Crippen molar-refractivity contribution in [1.82, 2.24) is 10.6 Å². The van der Waals surface area contributed by atoms with Crippen molar-refractivity contribution in [3.8, 4) is 17.2 Å². The van der Waals surface area contributed by atoms with Crippen LogP contribution in [0.1, 0.15) is 6.42 Å². The fourth-order valence-corrected chi connectivity index (χ4v) is 1.55. The van der Waals surface area contributed by atoms with Gasteiger partial charge in [-0.25, -0.2) is 0 Å². The van der Waals surface area contributed by atoms with E-state index < -0.39 is 0 Å². The number of carbonyl (C=O) groups excluding carboxylic acids is 1. The third kappa shape index (κ3) is 7.63. The van der Waals surface area contributed by atoms with Gasteiger partial charge in [0.05, 0.1) is 20.8 Å². The maximum absolute atomic E-state index is 11.4. The van der Waals surface area contributed by atoms with Crippen molar-refractivity contribution in [2.24, 2.45) is 0 Å². The molecule has 1 amide bonds. The minimum absolute atomic E-state index is 0. The summed E-state index contributed by atoms with van der Waals surface area (Å²) in [5.74, 6) is 1.98. The molecule has 0 heterocycles. The average molecular weight is 319 g/mol. The molecule has 0 unspecified atom stereocenters. The summed E-state index contributed by atoms with van der Waals surface area (Å²) in [6.07, 6.45) is 0.462. The first kappa shape index (κ1) is 19.3. The predicted molar refractivity (Wildman–Crippen MR) is 83.8 cm³/mol. The number of benzene rings is 1. The van der Waals surface area contributed by atoms with Crippen LogP contribution in [0.2, 0.25) is 0 Å². The van der Waals surface area contributed by atoms with Crippen molar-refractivity contribution in [2.75, 3.05) is 41.0 Å². The van der Waals surface area contributed by atoms with Gasteiger partial charge in [0.15, 0.2) is 0 Å². The van der Waals surface area contributed by atoms with Gasteiger partial charge in [-0.05, 0) is 7.05 Å². The molecule has 120 valence electrons. The van der Waals surface area contributed by atoms with Gasteiger partial charge in [-0.1, -0.05) is 0 Å². The first-order chi connectivity index (χ1) is 9.69. The molecule has 0 radical (unpaired) electrons. The van der Waals surface area contributed by atoms with Crippen molar-refractivity contribution in [3.05, 3.63) is 18.2 Å². The van der Waals surface area contributed by atoms with E-state index in [-0.39, 0.29) is 18.3 Å². The number of hydrogen-bond donors (Lipinski definition) is 2. The number of hydrogen-bond acceptors (Lipinski definition) is 5. The van der Waals surface area contributed by atoms with Gasteiger partial charge >= 0.3 is 0 Å². The average Bonchev–Trinajstić information content (AvgIpc) is 2.49. The van der Waals surface area contributed by atoms with E-state index in [2.05, 4.69) is 10.6 Å². The van der Waals surface area contributed by atoms with Gasteiger partial charge in [-0.15, -0.1) is 12.4 Å². The molecule has 0 spiro atoms. The molecule has 7 heteroatoms. The van der Waals surface area contributed by atoms with Crippen LogP contribution in [0.4, 0.5) is 0 Å². The Balaban J connectivity index is 0.00000400. The van der Waals surface area contributed by atoms with Crippen LogP contribution in [0.25, 0.3) is 0 Å². The van der Waals surface area contributed by atoms with E-state index in [4.69, 9.17) is 14.2 Å². The van der Waals surface area contributed by atoms with Gasteiger partial charge in [0.1, 0.15) is 23.9 Å². The summed E-state index contributed by atoms with van der Waals surface area (Å²) in [6.45, 7) is 1.52. The molecule has 0 bridgehead atoms. The van der Waals surface area contributed by atoms with Crippen molar-refractivity contribution in [3.63, 3.8) is 0 Å². The van der Waals surface area contributed by atoms with E-state index in [0.29, 0.717) is 43.4 Å². The summed E-state index contributed by atoms with van der Waals surface area (Å²) in [4.78, 5) is 11.4. The second-order valence-corrected chi connectivity index (χ2v) is 4.10. The standard InChI is InChI=1S/C14H22N2O4.ClH/c1-15-5-4-14(17)16-6-7-20-13-9-11(18-2)8-12(10-13)19-3;/h8-10,15H,4-7H2,1-3H3,(H,16,17);1H. The smallest absolute Gasteiger partial charge is 0.221 e. The zero-order valence-electron chi connectivity index (χ0n) is 12.6. The van der Waals surface area contributed by atoms with E-state index in [1.54, 1.807) is 32.4 Å². The number of halogens is 1. The molecule has 2 N–H and O–H groups in total. The number of rotatable bonds is 9. The van der Waals surface area contributed by atoms with Gasteiger partial charge in [0, 0.05) is 31.2 Å². The van der Waals surface area contributed by atoms with E-state index in [1.807, 2.05) is 7.05 Å². The van der Waals surface area contributed by atoms with Crippen LogP contribution in [-0.2, 0) is 4.79 Å². The van der Waals surface area contributed by atoms with Crippen molar-refractivity contribution in [1.29, 1.82) is 0 Å². The molecule has 0 aliphatic carbocycles. The lowest BCUT2D eigenvalue weighted by Gasteiger charge is -2.10. The zero-order chi connectivity index (χ0) is 14.8. The molecule has 1 aromatic carbocycles. The highest BCUT2D eigenvalue weighted by molar-refractivity contribution is 5.85. The molecule has 1 rings (SSSR count). The van der Waals surface area contributed by atoms with Crippen LogP contribution in [-0.4, -0.2) is 46.9 Å². The summed E-state index contributed by atoms with van der Waals surface area (Å²) < 4.78 is 15.9. The quantitative estimate of drug-likeness (QED) is 0.670. The molecule has 0 saturated carbocycles. The summed E-state index contributed by atoms with van der Waals surface area (Å²) in [5.41, 5.74) is 0. The number of amides is 1. The van der Waals surface area contributed by atoms with Crippen LogP contribution < -0.4 is 24.8 Å². The maximum atomic E-state index is 11.4. The molecule has 0 fully saturated rings. The Morgan fingerprint density at radius 2 is 1.62 bits per heavy atom. The topological polar surface area (TPSA) is 68.8 Å². The van der Waals surface area contributed by atoms with Gasteiger partial charge in [0.25, 0.3) is 0 Å². The minimum Gasteiger partial charge on any atom is -0.496 e. The third-order valence-corrected chi connectivity index (χ3v) is 2.62. The molecule has 0 saturated heterocycles. The van der Waals surface area contributed by atoms with E-state index in [9.17, 15) is 4.79 Å². The Labute approximate surface area is 131 Å². The van der Waals surface area contributed by atoms with Gasteiger partial charge < -0.3 is 24.8 Å². The van der Waals surface area contributed by atoms with Crippen LogP contribution in [0.5, 0.6) is 17.2 Å². The second-order valence-electron chi connectivity index (χ2n) is 4.10. The second kappa shape index (κ2) is 11.0. The summed E-state index contributed by atoms with van der Waals surface area (Å²) in [6, 6.07) is 5.31. The number of carbonyl (C=O) groups is 1. The zero-order valence-corrected chi connectivity index (χ0v) is 13.4. The molecule has 0 aliphatic heterocycles. The van der Waals surface area contributed by atoms with Crippen molar-refractivity contribution < 1.29 is 19.0 Å². The van der Waals surface area contributed by atoms with Crippen LogP contribution in [0.15, 0.2) is 18.2 Å². The first-order valence-corrected chi connectivity index (χ1v) is 6.46. The van der Waals surface area contributed by atoms with Crippen LogP contribution in [0.3, 0.4) is 0 Å². The van der Waals surface area contributed by atoms with Gasteiger partial charge in [-0.3, -0.25) is 4.79 Å². The Morgan fingerprint density at radius 3 is 2.14 bits per heavy atom. The Kier molecular flexibility index (Phi) is 10.2. The van der Waals surface area contributed by atoms with E-state index in [0.717, 1.165) is 0 Å².